The van der Waals surface area contributed by atoms with Crippen LogP contribution in [0.2, 0.25) is 0 Å². The summed E-state index contributed by atoms with van der Waals surface area (Å²) in [7, 11) is 1.60. The van der Waals surface area contributed by atoms with E-state index in [2.05, 4.69) is 25.6 Å². The molecule has 0 radical (unpaired) electrons. The molecule has 0 aliphatic rings. The molecule has 0 bridgehead atoms. The molecule has 3 heterocycles. The molecule has 1 amide bonds. The Labute approximate surface area is 203 Å². The molecule has 174 valence electrons. The number of benzene rings is 2. The summed E-state index contributed by atoms with van der Waals surface area (Å²) in [5, 5.41) is 7.54. The number of aromatic nitrogens is 3. The second kappa shape index (κ2) is 9.69. The number of fused-ring (bicyclic) bond motifs is 1. The summed E-state index contributed by atoms with van der Waals surface area (Å²) in [6, 6.07) is 24.3. The van der Waals surface area contributed by atoms with Gasteiger partial charge in [0.2, 0.25) is 0 Å². The maximum Gasteiger partial charge on any atom is 0.255 e. The first-order valence-corrected chi connectivity index (χ1v) is 11.3. The third kappa shape index (κ3) is 4.70. The fourth-order valence-corrected chi connectivity index (χ4v) is 4.18. The lowest BCUT2D eigenvalue weighted by Crippen LogP contribution is -2.15. The molecule has 2 aromatic carbocycles. The zero-order chi connectivity index (χ0) is 24.2. The molecule has 0 fully saturated rings. The van der Waals surface area contributed by atoms with Crippen LogP contribution in [0.5, 0.6) is 5.75 Å². The molecule has 0 saturated heterocycles. The van der Waals surface area contributed by atoms with E-state index < -0.39 is 0 Å². The number of aromatic amines is 1. The monoisotopic (exact) mass is 463 g/mol. The standard InChI is InChI=1S/C28H25N5O2/c1-18-26(27(24-7-3-5-15-29-24)33-25-8-4-6-16-30-25)22-17-20(11-14-23(22)31-18)32-28(34)19-9-12-21(35-2)13-10-19/h3-17,27,31H,1-2H3,(H,30,33)(H,32,34). The van der Waals surface area contributed by atoms with Gasteiger partial charge < -0.3 is 20.4 Å². The maximum atomic E-state index is 12.8. The fourth-order valence-electron chi connectivity index (χ4n) is 4.18. The Kier molecular flexibility index (Phi) is 6.13. The van der Waals surface area contributed by atoms with Gasteiger partial charge in [-0.25, -0.2) is 4.98 Å². The Bertz CT molecular complexity index is 1450. The minimum atomic E-state index is -0.243. The molecule has 3 N–H and O–H groups in total. The lowest BCUT2D eigenvalue weighted by Gasteiger charge is -2.20. The molecule has 7 nitrogen and oxygen atoms in total. The summed E-state index contributed by atoms with van der Waals surface area (Å²) >= 11 is 0. The van der Waals surface area contributed by atoms with E-state index >= 15 is 0 Å². The number of amides is 1. The van der Waals surface area contributed by atoms with Crippen molar-refractivity contribution in [3.8, 4) is 5.75 Å². The SMILES string of the molecule is COc1ccc(C(=O)Nc2ccc3[nH]c(C)c(C(Nc4ccccn4)c4ccccn4)c3c2)cc1. The van der Waals surface area contributed by atoms with Gasteiger partial charge in [-0.3, -0.25) is 9.78 Å². The van der Waals surface area contributed by atoms with Gasteiger partial charge in [-0.1, -0.05) is 12.1 Å². The van der Waals surface area contributed by atoms with Crippen molar-refractivity contribution >= 4 is 28.3 Å². The summed E-state index contributed by atoms with van der Waals surface area (Å²) in [6.45, 7) is 2.04. The molecule has 0 saturated carbocycles. The number of pyridine rings is 2. The summed E-state index contributed by atoms with van der Waals surface area (Å²) in [4.78, 5) is 25.4. The Morgan fingerprint density at radius 2 is 1.71 bits per heavy atom. The van der Waals surface area contributed by atoms with Crippen molar-refractivity contribution in [1.29, 1.82) is 0 Å². The van der Waals surface area contributed by atoms with Crippen molar-refractivity contribution in [2.24, 2.45) is 0 Å². The average Bonchev–Trinajstić information content (AvgIpc) is 3.23. The van der Waals surface area contributed by atoms with E-state index in [0.717, 1.165) is 33.7 Å². The zero-order valence-corrected chi connectivity index (χ0v) is 19.4. The minimum Gasteiger partial charge on any atom is -0.497 e. The van der Waals surface area contributed by atoms with Crippen LogP contribution in [0.4, 0.5) is 11.5 Å². The molecule has 1 atom stereocenters. The Balaban J connectivity index is 1.52. The van der Waals surface area contributed by atoms with Crippen LogP contribution in [0.15, 0.2) is 91.3 Å². The number of aryl methyl sites for hydroxylation is 1. The number of hydrogen-bond acceptors (Lipinski definition) is 5. The summed E-state index contributed by atoms with van der Waals surface area (Å²) < 4.78 is 5.18. The van der Waals surface area contributed by atoms with Crippen LogP contribution in [0, 0.1) is 6.92 Å². The van der Waals surface area contributed by atoms with Crippen LogP contribution >= 0.6 is 0 Å². The van der Waals surface area contributed by atoms with Gasteiger partial charge in [0.1, 0.15) is 11.6 Å². The summed E-state index contributed by atoms with van der Waals surface area (Å²) in [5.41, 5.74) is 5.16. The van der Waals surface area contributed by atoms with Crippen LogP contribution in [0.3, 0.4) is 0 Å². The zero-order valence-electron chi connectivity index (χ0n) is 19.4. The molecule has 5 aromatic rings. The van der Waals surface area contributed by atoms with Crippen LogP contribution in [0.1, 0.15) is 33.4 Å². The first-order chi connectivity index (χ1) is 17.1. The minimum absolute atomic E-state index is 0.186. The molecule has 0 spiro atoms. The first kappa shape index (κ1) is 22.2. The van der Waals surface area contributed by atoms with Gasteiger partial charge in [0.05, 0.1) is 18.8 Å². The van der Waals surface area contributed by atoms with Crippen molar-refractivity contribution in [3.63, 3.8) is 0 Å². The molecule has 0 aliphatic carbocycles. The predicted octanol–water partition coefficient (Wildman–Crippen LogP) is 5.73. The topological polar surface area (TPSA) is 91.9 Å². The van der Waals surface area contributed by atoms with Gasteiger partial charge in [0.25, 0.3) is 5.91 Å². The molecule has 0 aliphatic heterocycles. The van der Waals surface area contributed by atoms with Crippen molar-refractivity contribution in [1.82, 2.24) is 15.0 Å². The lowest BCUT2D eigenvalue weighted by atomic mass is 9.99. The number of anilines is 2. The predicted molar refractivity (Wildman–Crippen MR) is 138 cm³/mol. The van der Waals surface area contributed by atoms with Gasteiger partial charge in [0, 0.05) is 45.8 Å². The van der Waals surface area contributed by atoms with Crippen LogP contribution in [-0.2, 0) is 0 Å². The van der Waals surface area contributed by atoms with E-state index in [-0.39, 0.29) is 11.9 Å². The van der Waals surface area contributed by atoms with Crippen LogP contribution in [0.25, 0.3) is 10.9 Å². The lowest BCUT2D eigenvalue weighted by molar-refractivity contribution is 0.102. The number of methoxy groups -OCH3 is 1. The van der Waals surface area contributed by atoms with Gasteiger partial charge in [-0.2, -0.15) is 0 Å². The van der Waals surface area contributed by atoms with E-state index in [1.165, 1.54) is 0 Å². The van der Waals surface area contributed by atoms with E-state index in [4.69, 9.17) is 4.74 Å². The third-order valence-corrected chi connectivity index (χ3v) is 5.88. The number of nitrogens with one attached hydrogen (secondary N) is 3. The number of ether oxygens (including phenoxy) is 1. The summed E-state index contributed by atoms with van der Waals surface area (Å²) in [5.74, 6) is 1.27. The highest BCUT2D eigenvalue weighted by Gasteiger charge is 2.23. The van der Waals surface area contributed by atoms with Crippen molar-refractivity contribution < 1.29 is 9.53 Å². The molecule has 1 unspecified atom stereocenters. The second-order valence-corrected chi connectivity index (χ2v) is 8.15. The van der Waals surface area contributed by atoms with Gasteiger partial charge in [-0.05, 0) is 73.7 Å². The quantitative estimate of drug-likeness (QED) is 0.287. The van der Waals surface area contributed by atoms with Crippen molar-refractivity contribution in [2.75, 3.05) is 17.7 Å². The summed E-state index contributed by atoms with van der Waals surface area (Å²) in [6.07, 6.45) is 3.54. The number of hydrogen-bond donors (Lipinski definition) is 3. The van der Waals surface area contributed by atoms with Crippen LogP contribution in [-0.4, -0.2) is 28.0 Å². The average molecular weight is 464 g/mol. The molecular formula is C28H25N5O2. The molecule has 5 rings (SSSR count). The number of nitrogens with zero attached hydrogens (tertiary/aromatic N) is 2. The van der Waals surface area contributed by atoms with E-state index in [1.807, 2.05) is 61.5 Å². The molecule has 7 heteroatoms. The molecule has 3 aromatic heterocycles. The Hall–Kier alpha value is -4.65. The first-order valence-electron chi connectivity index (χ1n) is 11.3. The highest BCUT2D eigenvalue weighted by atomic mass is 16.5. The maximum absolute atomic E-state index is 12.8. The third-order valence-electron chi connectivity index (χ3n) is 5.88. The normalized spacial score (nSPS) is 11.7. The van der Waals surface area contributed by atoms with Gasteiger partial charge in [0.15, 0.2) is 0 Å². The Morgan fingerprint density at radius 3 is 2.40 bits per heavy atom. The fraction of sp³-hybridized carbons (Fsp3) is 0.107. The number of H-pyrrole nitrogens is 1. The number of carbonyl (C=O) groups is 1. The Morgan fingerprint density at radius 1 is 0.943 bits per heavy atom. The highest BCUT2D eigenvalue weighted by molar-refractivity contribution is 6.05. The number of carbonyl (C=O) groups excluding carboxylic acids is 1. The highest BCUT2D eigenvalue weighted by Crippen LogP contribution is 2.35. The van der Waals surface area contributed by atoms with Crippen LogP contribution < -0.4 is 15.4 Å². The molecular weight excluding hydrogens is 438 g/mol. The number of rotatable bonds is 7. The smallest absolute Gasteiger partial charge is 0.255 e. The van der Waals surface area contributed by atoms with E-state index in [9.17, 15) is 4.79 Å². The second-order valence-electron chi connectivity index (χ2n) is 8.15. The van der Waals surface area contributed by atoms with E-state index in [1.54, 1.807) is 43.8 Å². The molecule has 35 heavy (non-hydrogen) atoms. The van der Waals surface area contributed by atoms with Gasteiger partial charge >= 0.3 is 0 Å². The van der Waals surface area contributed by atoms with E-state index in [0.29, 0.717) is 17.0 Å². The van der Waals surface area contributed by atoms with Crippen molar-refractivity contribution in [3.05, 3.63) is 114 Å². The van der Waals surface area contributed by atoms with Crippen molar-refractivity contribution in [2.45, 2.75) is 13.0 Å². The van der Waals surface area contributed by atoms with Gasteiger partial charge in [-0.15, -0.1) is 0 Å². The largest absolute Gasteiger partial charge is 0.497 e.